The fraction of sp³-hybridized carbons (Fsp3) is 0.400. The zero-order chi connectivity index (χ0) is 14.0. The first-order valence-electron chi connectivity index (χ1n) is 6.46. The maximum atomic E-state index is 9.36. The van der Waals surface area contributed by atoms with Crippen molar-refractivity contribution >= 4 is 22.2 Å². The average Bonchev–Trinajstić information content (AvgIpc) is 2.79. The van der Waals surface area contributed by atoms with Crippen molar-refractivity contribution in [1.82, 2.24) is 4.98 Å². The monoisotopic (exact) mass is 276 g/mol. The van der Waals surface area contributed by atoms with E-state index in [2.05, 4.69) is 48.9 Å². The van der Waals surface area contributed by atoms with E-state index in [4.69, 9.17) is 0 Å². The minimum Gasteiger partial charge on any atom is -0.391 e. The number of hydrogen-bond donors (Lipinski definition) is 1. The Bertz CT molecular complexity index is 536. The highest BCUT2D eigenvalue weighted by atomic mass is 32.1. The van der Waals surface area contributed by atoms with Gasteiger partial charge in [0, 0.05) is 12.7 Å². The lowest BCUT2D eigenvalue weighted by Crippen LogP contribution is -2.09. The van der Waals surface area contributed by atoms with Gasteiger partial charge in [-0.3, -0.25) is 0 Å². The quantitative estimate of drug-likeness (QED) is 0.927. The zero-order valence-corrected chi connectivity index (χ0v) is 12.7. The van der Waals surface area contributed by atoms with E-state index in [1.165, 1.54) is 11.1 Å². The average molecular weight is 276 g/mol. The maximum absolute atomic E-state index is 9.36. The van der Waals surface area contributed by atoms with Crippen molar-refractivity contribution in [2.24, 2.45) is 0 Å². The van der Waals surface area contributed by atoms with Gasteiger partial charge in [0.05, 0.1) is 17.2 Å². The number of rotatable bonds is 4. The van der Waals surface area contributed by atoms with Gasteiger partial charge in [-0.2, -0.15) is 0 Å². The Labute approximate surface area is 118 Å². The molecule has 0 spiro atoms. The molecule has 2 rings (SSSR count). The number of aryl methyl sites for hydroxylation is 3. The van der Waals surface area contributed by atoms with E-state index >= 15 is 0 Å². The minimum absolute atomic E-state index is 0.0710. The fourth-order valence-corrected chi connectivity index (χ4v) is 3.16. The Morgan fingerprint density at radius 1 is 1.21 bits per heavy atom. The zero-order valence-electron chi connectivity index (χ0n) is 11.9. The number of nitrogens with zero attached hydrogens (tertiary/aromatic N) is 2. The Hall–Kier alpha value is -1.39. The summed E-state index contributed by atoms with van der Waals surface area (Å²) in [6.07, 6.45) is 0.854. The smallest absolute Gasteiger partial charge is 0.190 e. The lowest BCUT2D eigenvalue weighted by atomic mass is 10.1. The first-order chi connectivity index (χ1) is 9.05. The van der Waals surface area contributed by atoms with Crippen LogP contribution in [-0.4, -0.2) is 17.1 Å². The third-order valence-electron chi connectivity index (χ3n) is 3.13. The van der Waals surface area contributed by atoms with Crippen LogP contribution in [0.15, 0.2) is 18.2 Å². The molecule has 0 aliphatic rings. The topological polar surface area (TPSA) is 36.4 Å². The highest BCUT2D eigenvalue weighted by Gasteiger charge is 2.13. The summed E-state index contributed by atoms with van der Waals surface area (Å²) in [4.78, 5) is 7.67. The molecule has 3 nitrogen and oxygen atoms in total. The van der Waals surface area contributed by atoms with Gasteiger partial charge in [0.25, 0.3) is 0 Å². The van der Waals surface area contributed by atoms with Gasteiger partial charge in [0.2, 0.25) is 0 Å². The van der Waals surface area contributed by atoms with E-state index in [1.807, 2.05) is 7.05 Å². The molecule has 0 aliphatic carbocycles. The second kappa shape index (κ2) is 5.72. The largest absolute Gasteiger partial charge is 0.391 e. The second-order valence-corrected chi connectivity index (χ2v) is 5.84. The van der Waals surface area contributed by atoms with Crippen LogP contribution >= 0.6 is 11.3 Å². The maximum Gasteiger partial charge on any atom is 0.190 e. The van der Waals surface area contributed by atoms with Crippen molar-refractivity contribution in [2.75, 3.05) is 11.9 Å². The van der Waals surface area contributed by atoms with E-state index in [0.29, 0.717) is 0 Å². The number of aliphatic hydroxyl groups excluding tert-OH is 1. The summed E-state index contributed by atoms with van der Waals surface area (Å²) >= 11 is 1.56. The molecule has 102 valence electrons. The molecule has 0 radical (unpaired) electrons. The lowest BCUT2D eigenvalue weighted by Gasteiger charge is -2.17. The Morgan fingerprint density at radius 2 is 1.84 bits per heavy atom. The van der Waals surface area contributed by atoms with Gasteiger partial charge in [0.1, 0.15) is 0 Å². The number of benzene rings is 1. The number of aromatic nitrogens is 1. The van der Waals surface area contributed by atoms with E-state index in [0.717, 1.165) is 27.8 Å². The van der Waals surface area contributed by atoms with Crippen LogP contribution < -0.4 is 4.90 Å². The second-order valence-electron chi connectivity index (χ2n) is 4.78. The summed E-state index contributed by atoms with van der Waals surface area (Å²) in [6, 6.07) is 6.47. The first kappa shape index (κ1) is 14.0. The molecule has 4 heteroatoms. The molecule has 0 atom stereocenters. The van der Waals surface area contributed by atoms with Gasteiger partial charge in [0.15, 0.2) is 5.13 Å². The fourth-order valence-electron chi connectivity index (χ4n) is 2.17. The molecule has 0 amide bonds. The van der Waals surface area contributed by atoms with Gasteiger partial charge in [-0.1, -0.05) is 24.3 Å². The summed E-state index contributed by atoms with van der Waals surface area (Å²) < 4.78 is 0. The standard InChI is InChI=1S/C15H20N2OS/c1-5-13-14(9-18)19-15(16-13)17(4)12-7-10(2)6-11(3)8-12/h6-8,18H,5,9H2,1-4H3. The van der Waals surface area contributed by atoms with Crippen LogP contribution in [0, 0.1) is 13.8 Å². The SMILES string of the molecule is CCc1nc(N(C)c2cc(C)cc(C)c2)sc1CO. The predicted octanol–water partition coefficient (Wildman–Crippen LogP) is 3.58. The normalized spacial score (nSPS) is 10.8. The van der Waals surface area contributed by atoms with Crippen LogP contribution in [0.1, 0.15) is 28.6 Å². The van der Waals surface area contributed by atoms with Crippen molar-refractivity contribution in [3.05, 3.63) is 39.9 Å². The first-order valence-corrected chi connectivity index (χ1v) is 7.28. The molecule has 1 aromatic heterocycles. The third-order valence-corrected chi connectivity index (χ3v) is 4.28. The Morgan fingerprint density at radius 3 is 2.32 bits per heavy atom. The summed E-state index contributed by atoms with van der Waals surface area (Å²) in [5, 5.41) is 10.3. The van der Waals surface area contributed by atoms with Crippen molar-refractivity contribution in [2.45, 2.75) is 33.8 Å². The number of aliphatic hydroxyl groups is 1. The Balaban J connectivity index is 2.37. The van der Waals surface area contributed by atoms with Crippen molar-refractivity contribution < 1.29 is 5.11 Å². The summed E-state index contributed by atoms with van der Waals surface area (Å²) in [7, 11) is 2.02. The predicted molar refractivity (Wildman–Crippen MR) is 81.4 cm³/mol. The highest BCUT2D eigenvalue weighted by molar-refractivity contribution is 7.15. The molecule has 1 N–H and O–H groups in total. The summed E-state index contributed by atoms with van der Waals surface area (Å²) in [6.45, 7) is 6.34. The van der Waals surface area contributed by atoms with Crippen molar-refractivity contribution in [3.63, 3.8) is 0 Å². The molecule has 0 saturated carbocycles. The third kappa shape index (κ3) is 2.96. The lowest BCUT2D eigenvalue weighted by molar-refractivity contribution is 0.284. The van der Waals surface area contributed by atoms with E-state index < -0.39 is 0 Å². The van der Waals surface area contributed by atoms with Crippen molar-refractivity contribution in [3.8, 4) is 0 Å². The number of thiazole rings is 1. The number of hydrogen-bond acceptors (Lipinski definition) is 4. The minimum atomic E-state index is 0.0710. The molecule has 19 heavy (non-hydrogen) atoms. The molecule has 2 aromatic rings. The molecular formula is C15H20N2OS. The van der Waals surface area contributed by atoms with Gasteiger partial charge < -0.3 is 10.0 Å². The van der Waals surface area contributed by atoms with Crippen LogP contribution in [0.3, 0.4) is 0 Å². The van der Waals surface area contributed by atoms with E-state index in [1.54, 1.807) is 11.3 Å². The van der Waals surface area contributed by atoms with Gasteiger partial charge in [-0.05, 0) is 43.5 Å². The van der Waals surface area contributed by atoms with E-state index in [-0.39, 0.29) is 6.61 Å². The van der Waals surface area contributed by atoms with Gasteiger partial charge >= 0.3 is 0 Å². The molecule has 1 heterocycles. The van der Waals surface area contributed by atoms with Crippen LogP contribution in [0.4, 0.5) is 10.8 Å². The molecule has 0 saturated heterocycles. The molecule has 0 aliphatic heterocycles. The molecule has 1 aromatic carbocycles. The van der Waals surface area contributed by atoms with Gasteiger partial charge in [-0.25, -0.2) is 4.98 Å². The molecular weight excluding hydrogens is 256 g/mol. The summed E-state index contributed by atoms with van der Waals surface area (Å²) in [5.41, 5.74) is 4.63. The van der Waals surface area contributed by atoms with Crippen LogP contribution in [-0.2, 0) is 13.0 Å². The van der Waals surface area contributed by atoms with Gasteiger partial charge in [-0.15, -0.1) is 0 Å². The van der Waals surface area contributed by atoms with Crippen LogP contribution in [0.25, 0.3) is 0 Å². The highest BCUT2D eigenvalue weighted by Crippen LogP contribution is 2.31. The molecule has 0 unspecified atom stereocenters. The van der Waals surface area contributed by atoms with Crippen LogP contribution in [0.5, 0.6) is 0 Å². The molecule has 0 fully saturated rings. The summed E-state index contributed by atoms with van der Waals surface area (Å²) in [5.74, 6) is 0. The van der Waals surface area contributed by atoms with Crippen molar-refractivity contribution in [1.29, 1.82) is 0 Å². The molecule has 0 bridgehead atoms. The van der Waals surface area contributed by atoms with E-state index in [9.17, 15) is 5.11 Å². The Kier molecular flexibility index (Phi) is 4.22. The van der Waals surface area contributed by atoms with Crippen LogP contribution in [0.2, 0.25) is 0 Å². The number of anilines is 2.